The molecule has 0 aliphatic rings. The molecule has 0 aliphatic carbocycles. The van der Waals surface area contributed by atoms with Crippen LogP contribution in [0.5, 0.6) is 0 Å². The van der Waals surface area contributed by atoms with Gasteiger partial charge in [0.15, 0.2) is 0 Å². The summed E-state index contributed by atoms with van der Waals surface area (Å²) in [5, 5.41) is 0. The summed E-state index contributed by atoms with van der Waals surface area (Å²) in [4.78, 5) is 0. The molecule has 3 nitrogen and oxygen atoms in total. The topological polar surface area (TPSA) is 78.1 Å². The van der Waals surface area contributed by atoms with Crippen LogP contribution in [0.25, 0.3) is 0 Å². The van der Waals surface area contributed by atoms with Gasteiger partial charge in [0, 0.05) is 12.1 Å². The molecule has 6 N–H and O–H groups in total. The van der Waals surface area contributed by atoms with Crippen LogP contribution >= 0.6 is 0 Å². The first-order valence-electron chi connectivity index (χ1n) is 3.37. The fraction of sp³-hybridized carbons (Fsp3) is 1.00. The van der Waals surface area contributed by atoms with Crippen LogP contribution in [0.4, 0.5) is 0 Å². The minimum absolute atomic E-state index is 0.214. The quantitative estimate of drug-likeness (QED) is 0.477. The van der Waals surface area contributed by atoms with Crippen molar-refractivity contribution < 1.29 is 0 Å². The van der Waals surface area contributed by atoms with E-state index in [-0.39, 0.29) is 5.54 Å². The van der Waals surface area contributed by atoms with Gasteiger partial charge >= 0.3 is 0 Å². The maximum atomic E-state index is 5.80. The van der Waals surface area contributed by atoms with E-state index in [9.17, 15) is 0 Å². The summed E-state index contributed by atoms with van der Waals surface area (Å²) in [5.74, 6) is 0. The fourth-order valence-corrected chi connectivity index (χ4v) is 0.711. The number of hydrogen-bond donors (Lipinski definition) is 3. The third-order valence-corrected chi connectivity index (χ3v) is 1.75. The van der Waals surface area contributed by atoms with Crippen LogP contribution < -0.4 is 17.2 Å². The SMILES string of the molecule is CCC(N)(CN)CCN. The van der Waals surface area contributed by atoms with Gasteiger partial charge in [-0.15, -0.1) is 0 Å². The van der Waals surface area contributed by atoms with Crippen LogP contribution in [0.2, 0.25) is 0 Å². The molecule has 0 aromatic carbocycles. The van der Waals surface area contributed by atoms with Gasteiger partial charge in [-0.1, -0.05) is 6.92 Å². The van der Waals surface area contributed by atoms with Crippen molar-refractivity contribution in [1.82, 2.24) is 0 Å². The van der Waals surface area contributed by atoms with Gasteiger partial charge in [-0.2, -0.15) is 0 Å². The monoisotopic (exact) mass is 131 g/mol. The smallest absolute Gasteiger partial charge is 0.0288 e. The van der Waals surface area contributed by atoms with Crippen molar-refractivity contribution in [2.75, 3.05) is 13.1 Å². The van der Waals surface area contributed by atoms with Crippen molar-refractivity contribution >= 4 is 0 Å². The van der Waals surface area contributed by atoms with Gasteiger partial charge in [0.2, 0.25) is 0 Å². The van der Waals surface area contributed by atoms with Crippen LogP contribution in [-0.4, -0.2) is 18.6 Å². The van der Waals surface area contributed by atoms with Gasteiger partial charge in [-0.25, -0.2) is 0 Å². The molecule has 0 saturated carbocycles. The molecule has 0 heterocycles. The van der Waals surface area contributed by atoms with Crippen LogP contribution in [0.3, 0.4) is 0 Å². The lowest BCUT2D eigenvalue weighted by Gasteiger charge is -2.25. The Morgan fingerprint density at radius 2 is 1.89 bits per heavy atom. The predicted molar refractivity (Wildman–Crippen MR) is 39.9 cm³/mol. The Morgan fingerprint density at radius 1 is 1.33 bits per heavy atom. The Bertz CT molecular complexity index is 68.7. The lowest BCUT2D eigenvalue weighted by molar-refractivity contribution is 0.396. The van der Waals surface area contributed by atoms with Gasteiger partial charge in [0.05, 0.1) is 0 Å². The van der Waals surface area contributed by atoms with E-state index in [4.69, 9.17) is 17.2 Å². The van der Waals surface area contributed by atoms with Crippen molar-refractivity contribution in [2.24, 2.45) is 17.2 Å². The van der Waals surface area contributed by atoms with E-state index < -0.39 is 0 Å². The lowest BCUT2D eigenvalue weighted by atomic mass is 9.94. The predicted octanol–water partition coefficient (Wildman–Crippen LogP) is -0.599. The van der Waals surface area contributed by atoms with E-state index >= 15 is 0 Å². The Kier molecular flexibility index (Phi) is 3.77. The van der Waals surface area contributed by atoms with Crippen LogP contribution in [0.1, 0.15) is 19.8 Å². The van der Waals surface area contributed by atoms with E-state index in [1.807, 2.05) is 6.92 Å². The molecule has 0 radical (unpaired) electrons. The zero-order valence-electron chi connectivity index (χ0n) is 6.06. The maximum Gasteiger partial charge on any atom is 0.0288 e. The summed E-state index contributed by atoms with van der Waals surface area (Å²) in [6, 6.07) is 0. The Morgan fingerprint density at radius 3 is 2.00 bits per heavy atom. The van der Waals surface area contributed by atoms with E-state index in [1.54, 1.807) is 0 Å². The average molecular weight is 131 g/mol. The Balaban J connectivity index is 3.62. The van der Waals surface area contributed by atoms with Gasteiger partial charge < -0.3 is 17.2 Å². The van der Waals surface area contributed by atoms with Crippen molar-refractivity contribution in [1.29, 1.82) is 0 Å². The molecular weight excluding hydrogens is 114 g/mol. The van der Waals surface area contributed by atoms with Crippen molar-refractivity contribution in [3.05, 3.63) is 0 Å². The van der Waals surface area contributed by atoms with Crippen molar-refractivity contribution in [2.45, 2.75) is 25.3 Å². The molecule has 0 amide bonds. The van der Waals surface area contributed by atoms with Crippen LogP contribution in [0.15, 0.2) is 0 Å². The standard InChI is InChI=1S/C6H17N3/c1-2-6(9,5-8)3-4-7/h2-5,7-9H2,1H3. The fourth-order valence-electron chi connectivity index (χ4n) is 0.711. The second-order valence-corrected chi connectivity index (χ2v) is 2.46. The molecule has 0 fully saturated rings. The lowest BCUT2D eigenvalue weighted by Crippen LogP contribution is -2.47. The highest BCUT2D eigenvalue weighted by Crippen LogP contribution is 2.07. The molecule has 0 rings (SSSR count). The van der Waals surface area contributed by atoms with Crippen molar-refractivity contribution in [3.8, 4) is 0 Å². The number of hydrogen-bond acceptors (Lipinski definition) is 3. The molecule has 0 aromatic heterocycles. The zero-order valence-corrected chi connectivity index (χ0v) is 6.06. The molecule has 0 bridgehead atoms. The van der Waals surface area contributed by atoms with Gasteiger partial charge in [0.1, 0.15) is 0 Å². The first-order chi connectivity index (χ1) is 4.18. The number of rotatable bonds is 4. The first kappa shape index (κ1) is 8.88. The third kappa shape index (κ3) is 2.79. The minimum Gasteiger partial charge on any atom is -0.330 e. The Labute approximate surface area is 56.6 Å². The highest BCUT2D eigenvalue weighted by Gasteiger charge is 2.18. The zero-order chi connectivity index (χ0) is 7.33. The van der Waals surface area contributed by atoms with E-state index in [1.165, 1.54) is 0 Å². The van der Waals surface area contributed by atoms with Crippen molar-refractivity contribution in [3.63, 3.8) is 0 Å². The second kappa shape index (κ2) is 3.82. The summed E-state index contributed by atoms with van der Waals surface area (Å²) < 4.78 is 0. The second-order valence-electron chi connectivity index (χ2n) is 2.46. The molecule has 0 spiro atoms. The molecule has 56 valence electrons. The van der Waals surface area contributed by atoms with E-state index in [2.05, 4.69) is 0 Å². The minimum atomic E-state index is -0.214. The van der Waals surface area contributed by atoms with E-state index in [0.717, 1.165) is 12.8 Å². The summed E-state index contributed by atoms with van der Waals surface area (Å²) in [7, 11) is 0. The molecule has 1 unspecified atom stereocenters. The highest BCUT2D eigenvalue weighted by atomic mass is 14.8. The Hall–Kier alpha value is -0.120. The first-order valence-corrected chi connectivity index (χ1v) is 3.37. The summed E-state index contributed by atoms with van der Waals surface area (Å²) in [6.45, 7) is 3.19. The summed E-state index contributed by atoms with van der Waals surface area (Å²) in [5.41, 5.74) is 16.3. The molecule has 0 aromatic rings. The average Bonchev–Trinajstić information content (AvgIpc) is 1.89. The molecule has 9 heavy (non-hydrogen) atoms. The third-order valence-electron chi connectivity index (χ3n) is 1.75. The van der Waals surface area contributed by atoms with Gasteiger partial charge in [-0.05, 0) is 19.4 Å². The normalized spacial score (nSPS) is 17.3. The van der Waals surface area contributed by atoms with Gasteiger partial charge in [0.25, 0.3) is 0 Å². The largest absolute Gasteiger partial charge is 0.330 e. The van der Waals surface area contributed by atoms with Crippen LogP contribution in [0, 0.1) is 0 Å². The van der Waals surface area contributed by atoms with Gasteiger partial charge in [-0.3, -0.25) is 0 Å². The summed E-state index contributed by atoms with van der Waals surface area (Å²) >= 11 is 0. The highest BCUT2D eigenvalue weighted by molar-refractivity contribution is 4.83. The molecule has 0 aliphatic heterocycles. The molecule has 0 saturated heterocycles. The number of nitrogens with two attached hydrogens (primary N) is 3. The van der Waals surface area contributed by atoms with E-state index in [0.29, 0.717) is 13.1 Å². The maximum absolute atomic E-state index is 5.80. The molecular formula is C6H17N3. The molecule has 1 atom stereocenters. The molecule has 3 heteroatoms. The van der Waals surface area contributed by atoms with Crippen LogP contribution in [-0.2, 0) is 0 Å². The summed E-state index contributed by atoms with van der Waals surface area (Å²) in [6.07, 6.45) is 1.72.